The maximum atomic E-state index is 12.6. The van der Waals surface area contributed by atoms with E-state index < -0.39 is 0 Å². The molecule has 2 aromatic heterocycles. The first-order chi connectivity index (χ1) is 31.4. The summed E-state index contributed by atoms with van der Waals surface area (Å²) >= 11 is 0. The van der Waals surface area contributed by atoms with Gasteiger partial charge < -0.3 is 5.11 Å². The summed E-state index contributed by atoms with van der Waals surface area (Å²) in [5.74, 6) is 0.949. The summed E-state index contributed by atoms with van der Waals surface area (Å²) in [5, 5.41) is 12.6. The van der Waals surface area contributed by atoms with Gasteiger partial charge in [-0.2, -0.15) is 0 Å². The van der Waals surface area contributed by atoms with Crippen molar-refractivity contribution >= 4 is 11.0 Å². The average molecular weight is 862 g/mol. The first-order valence-electron chi connectivity index (χ1n) is 23.3. The zero-order valence-electron chi connectivity index (χ0n) is 40.0. The van der Waals surface area contributed by atoms with Gasteiger partial charge in [0.1, 0.15) is 11.6 Å². The number of nitrogens with zero attached hydrogens (tertiary/aromatic N) is 3. The standard InChI is InChI=1S/C62H59N3O/c1-59(2,3)43-37-49(57(66)51(38-43)60(4,5)6)58-64-56-46(28-21-31-53(56)65(58)52-30-20-18-26-45(52)39-22-13-11-14-23-39)40-34-41(36-44(35-40)61(7,8)42-24-15-12-16-25-42)55-54-48(32-33-63-55)47-27-17-19-29-50(47)62(54,9)10/h11-38,66H,1-10H3. The van der Waals surface area contributed by atoms with Crippen LogP contribution in [0.4, 0.5) is 0 Å². The highest BCUT2D eigenvalue weighted by Gasteiger charge is 2.39. The molecular formula is C62H59N3O. The zero-order chi connectivity index (χ0) is 46.3. The number of imidazole rings is 1. The molecule has 2 heterocycles. The zero-order valence-corrected chi connectivity index (χ0v) is 40.0. The number of benzene rings is 7. The second kappa shape index (κ2) is 15.6. The molecule has 1 aliphatic carbocycles. The number of para-hydroxylation sites is 2. The largest absolute Gasteiger partial charge is 0.507 e. The SMILES string of the molecule is CC(C)(C)c1cc(-c2nc3c(-c4cc(-c5nccc6c5C(C)(C)c5ccccc5-6)cc(C(C)(C)c5ccccc5)c4)cccc3n2-c2ccccc2-c2ccccc2)c(O)c(C(C)(C)C)c1. The molecule has 4 nitrogen and oxygen atoms in total. The highest BCUT2D eigenvalue weighted by molar-refractivity contribution is 5.98. The fourth-order valence-electron chi connectivity index (χ4n) is 10.3. The fraction of sp³-hybridized carbons (Fsp3) is 0.226. The van der Waals surface area contributed by atoms with Crippen LogP contribution in [-0.2, 0) is 21.7 Å². The number of rotatable bonds is 7. The minimum absolute atomic E-state index is 0.184. The molecule has 1 N–H and O–H groups in total. The van der Waals surface area contributed by atoms with Crippen LogP contribution in [0.15, 0.2) is 170 Å². The van der Waals surface area contributed by atoms with Crippen molar-refractivity contribution in [2.24, 2.45) is 0 Å². The number of phenols is 1. The number of aromatic hydroxyl groups is 1. The normalized spacial score (nSPS) is 13.5. The van der Waals surface area contributed by atoms with Crippen molar-refractivity contribution < 1.29 is 5.11 Å². The molecule has 9 aromatic rings. The molecule has 328 valence electrons. The molecule has 0 saturated heterocycles. The van der Waals surface area contributed by atoms with Crippen molar-refractivity contribution in [2.45, 2.75) is 90.9 Å². The van der Waals surface area contributed by atoms with E-state index in [9.17, 15) is 5.11 Å². The Bertz CT molecular complexity index is 3320. The third kappa shape index (κ3) is 7.06. The summed E-state index contributed by atoms with van der Waals surface area (Å²) in [7, 11) is 0. The van der Waals surface area contributed by atoms with Crippen molar-refractivity contribution in [3.63, 3.8) is 0 Å². The second-order valence-corrected chi connectivity index (χ2v) is 21.3. The summed E-state index contributed by atoms with van der Waals surface area (Å²) in [6.07, 6.45) is 1.98. The number of fused-ring (bicyclic) bond motifs is 4. The Morgan fingerprint density at radius 3 is 1.85 bits per heavy atom. The summed E-state index contributed by atoms with van der Waals surface area (Å²) in [5.41, 5.74) is 18.2. The van der Waals surface area contributed by atoms with E-state index >= 15 is 0 Å². The Labute approximate surface area is 390 Å². The van der Waals surface area contributed by atoms with Crippen LogP contribution in [0, 0.1) is 0 Å². The molecule has 0 aliphatic heterocycles. The van der Waals surface area contributed by atoms with Crippen LogP contribution in [0.25, 0.3) is 72.7 Å². The molecule has 0 spiro atoms. The Morgan fingerprint density at radius 2 is 1.14 bits per heavy atom. The van der Waals surface area contributed by atoms with Gasteiger partial charge in [-0.1, -0.05) is 197 Å². The van der Waals surface area contributed by atoms with Crippen molar-refractivity contribution in [1.82, 2.24) is 14.5 Å². The van der Waals surface area contributed by atoms with Crippen LogP contribution < -0.4 is 0 Å². The molecule has 0 bridgehead atoms. The lowest BCUT2D eigenvalue weighted by atomic mass is 9.75. The predicted octanol–water partition coefficient (Wildman–Crippen LogP) is 16.0. The van der Waals surface area contributed by atoms with Gasteiger partial charge in [0.05, 0.1) is 28.0 Å². The van der Waals surface area contributed by atoms with Gasteiger partial charge in [0, 0.05) is 39.3 Å². The second-order valence-electron chi connectivity index (χ2n) is 21.3. The summed E-state index contributed by atoms with van der Waals surface area (Å²) < 4.78 is 2.28. The topological polar surface area (TPSA) is 50.9 Å². The molecule has 1 aliphatic rings. The minimum atomic E-state index is -0.349. The van der Waals surface area contributed by atoms with E-state index in [-0.39, 0.29) is 27.4 Å². The van der Waals surface area contributed by atoms with Gasteiger partial charge in [0.2, 0.25) is 0 Å². The smallest absolute Gasteiger partial charge is 0.149 e. The van der Waals surface area contributed by atoms with E-state index in [1.54, 1.807) is 0 Å². The third-order valence-electron chi connectivity index (χ3n) is 14.1. The van der Waals surface area contributed by atoms with Crippen molar-refractivity contribution in [1.29, 1.82) is 0 Å². The maximum absolute atomic E-state index is 12.6. The Kier molecular flexibility index (Phi) is 10.1. The van der Waals surface area contributed by atoms with Gasteiger partial charge in [-0.05, 0) is 97.3 Å². The molecule has 0 fully saturated rings. The molecular weight excluding hydrogens is 803 g/mol. The van der Waals surface area contributed by atoms with Crippen LogP contribution in [0.3, 0.4) is 0 Å². The molecule has 0 unspecified atom stereocenters. The van der Waals surface area contributed by atoms with Gasteiger partial charge in [0.15, 0.2) is 0 Å². The van der Waals surface area contributed by atoms with E-state index in [0.29, 0.717) is 11.4 Å². The van der Waals surface area contributed by atoms with Crippen LogP contribution >= 0.6 is 0 Å². The molecule has 7 aromatic carbocycles. The molecule has 10 rings (SSSR count). The lowest BCUT2D eigenvalue weighted by Crippen LogP contribution is -2.19. The molecule has 0 atom stereocenters. The quantitative estimate of drug-likeness (QED) is 0.174. The molecule has 66 heavy (non-hydrogen) atoms. The van der Waals surface area contributed by atoms with Gasteiger partial charge in [0.25, 0.3) is 0 Å². The lowest BCUT2D eigenvalue weighted by Gasteiger charge is -2.28. The third-order valence-corrected chi connectivity index (χ3v) is 14.1. The fourth-order valence-corrected chi connectivity index (χ4v) is 10.3. The van der Waals surface area contributed by atoms with Gasteiger partial charge in [-0.3, -0.25) is 9.55 Å². The highest BCUT2D eigenvalue weighted by atomic mass is 16.3. The molecule has 0 amide bonds. The summed E-state index contributed by atoms with van der Waals surface area (Å²) in [6, 6.07) is 58.8. The number of hydrogen-bond donors (Lipinski definition) is 1. The number of phenolic OH excluding ortho intramolecular Hbond substituents is 1. The molecule has 4 heteroatoms. The predicted molar refractivity (Wildman–Crippen MR) is 276 cm³/mol. The molecule has 0 radical (unpaired) electrons. The van der Waals surface area contributed by atoms with Crippen molar-refractivity contribution in [3.05, 3.63) is 203 Å². The van der Waals surface area contributed by atoms with E-state index in [1.165, 1.54) is 33.4 Å². The van der Waals surface area contributed by atoms with Crippen molar-refractivity contribution in [3.8, 4) is 67.5 Å². The monoisotopic (exact) mass is 861 g/mol. The number of hydrogen-bond acceptors (Lipinski definition) is 3. The number of aromatic nitrogens is 3. The Hall–Kier alpha value is -7.04. The Morgan fingerprint density at radius 1 is 0.500 bits per heavy atom. The van der Waals surface area contributed by atoms with Gasteiger partial charge >= 0.3 is 0 Å². The summed E-state index contributed by atoms with van der Waals surface area (Å²) in [6.45, 7) is 22.5. The van der Waals surface area contributed by atoms with Gasteiger partial charge in [-0.15, -0.1) is 0 Å². The van der Waals surface area contributed by atoms with Crippen molar-refractivity contribution in [2.75, 3.05) is 0 Å². The van der Waals surface area contributed by atoms with E-state index in [2.05, 4.69) is 238 Å². The van der Waals surface area contributed by atoms with E-state index in [1.807, 2.05) is 6.20 Å². The summed E-state index contributed by atoms with van der Waals surface area (Å²) in [4.78, 5) is 11.0. The van der Waals surface area contributed by atoms with E-state index in [4.69, 9.17) is 9.97 Å². The highest BCUT2D eigenvalue weighted by Crippen LogP contribution is 2.52. The average Bonchev–Trinajstić information content (AvgIpc) is 3.81. The van der Waals surface area contributed by atoms with Crippen LogP contribution in [-0.4, -0.2) is 19.6 Å². The lowest BCUT2D eigenvalue weighted by molar-refractivity contribution is 0.446. The minimum Gasteiger partial charge on any atom is -0.507 e. The Balaban J connectivity index is 1.29. The molecule has 0 saturated carbocycles. The maximum Gasteiger partial charge on any atom is 0.149 e. The van der Waals surface area contributed by atoms with Crippen LogP contribution in [0.1, 0.15) is 103 Å². The van der Waals surface area contributed by atoms with Crippen LogP contribution in [0.5, 0.6) is 5.75 Å². The number of pyridine rings is 1. The van der Waals surface area contributed by atoms with Crippen LogP contribution in [0.2, 0.25) is 0 Å². The first-order valence-corrected chi connectivity index (χ1v) is 23.3. The van der Waals surface area contributed by atoms with E-state index in [0.717, 1.165) is 61.4 Å². The first kappa shape index (κ1) is 42.9. The van der Waals surface area contributed by atoms with Gasteiger partial charge in [-0.25, -0.2) is 4.98 Å².